The lowest BCUT2D eigenvalue weighted by Crippen LogP contribution is -2.28. The minimum absolute atomic E-state index is 0.200. The molecule has 0 amide bonds. The lowest BCUT2D eigenvalue weighted by atomic mass is 10.0. The van der Waals surface area contributed by atoms with Gasteiger partial charge in [0.25, 0.3) is 0 Å². The van der Waals surface area contributed by atoms with E-state index in [9.17, 15) is 0 Å². The predicted octanol–water partition coefficient (Wildman–Crippen LogP) is 8.09. The Morgan fingerprint density at radius 2 is 1.44 bits per heavy atom. The Kier molecular flexibility index (Phi) is 7.49. The van der Waals surface area contributed by atoms with Crippen LogP contribution in [-0.2, 0) is 6.54 Å². The minimum atomic E-state index is 0.200. The number of rotatable bonds is 10. The highest BCUT2D eigenvalue weighted by atomic mass is 16.5. The van der Waals surface area contributed by atoms with Gasteiger partial charge in [0.15, 0.2) is 11.5 Å². The van der Waals surface area contributed by atoms with Crippen molar-refractivity contribution in [1.82, 2.24) is 4.90 Å². The number of anilines is 2. The van der Waals surface area contributed by atoms with Gasteiger partial charge in [0.1, 0.15) is 0 Å². The minimum Gasteiger partial charge on any atom is -0.453 e. The number of benzene rings is 3. The predicted molar refractivity (Wildman–Crippen MR) is 135 cm³/mol. The van der Waals surface area contributed by atoms with E-state index in [1.54, 1.807) is 0 Å². The number of ether oxygens (including phenoxy) is 1. The van der Waals surface area contributed by atoms with E-state index in [1.165, 1.54) is 36.8 Å². The first kappa shape index (κ1) is 22.4. The standard InChI is InChI=1S/C29H36N2O/c1-4-6-20-30(21-7-5-2)22-25-16-13-18-27-29(25)32-28-19-12-11-17-26(28)31(27)23(3)24-14-9-8-10-15-24/h8-19,23H,4-7,20-22H2,1-3H3. The van der Waals surface area contributed by atoms with Gasteiger partial charge in [0.2, 0.25) is 0 Å². The van der Waals surface area contributed by atoms with Crippen molar-refractivity contribution >= 4 is 11.4 Å². The average Bonchev–Trinajstić information content (AvgIpc) is 2.84. The molecular weight excluding hydrogens is 392 g/mol. The van der Waals surface area contributed by atoms with E-state index in [1.807, 2.05) is 0 Å². The fourth-order valence-electron chi connectivity index (χ4n) is 4.56. The third kappa shape index (κ3) is 4.83. The third-order valence-corrected chi connectivity index (χ3v) is 6.39. The van der Waals surface area contributed by atoms with Crippen LogP contribution in [0.1, 0.15) is 63.6 Å². The Labute approximate surface area is 193 Å². The molecule has 1 aliphatic rings. The van der Waals surface area contributed by atoms with Crippen LogP contribution in [0.5, 0.6) is 11.5 Å². The number of nitrogens with zero attached hydrogens (tertiary/aromatic N) is 2. The second-order valence-corrected chi connectivity index (χ2v) is 8.78. The summed E-state index contributed by atoms with van der Waals surface area (Å²) >= 11 is 0. The van der Waals surface area contributed by atoms with Crippen LogP contribution in [0.2, 0.25) is 0 Å². The molecule has 3 aromatic rings. The summed E-state index contributed by atoms with van der Waals surface area (Å²) in [6.45, 7) is 10.0. The van der Waals surface area contributed by atoms with Gasteiger partial charge in [-0.15, -0.1) is 0 Å². The molecule has 0 fully saturated rings. The van der Waals surface area contributed by atoms with Crippen LogP contribution in [0.3, 0.4) is 0 Å². The Morgan fingerprint density at radius 1 is 0.781 bits per heavy atom. The summed E-state index contributed by atoms with van der Waals surface area (Å²) in [5.74, 6) is 1.94. The molecule has 3 aromatic carbocycles. The van der Waals surface area contributed by atoms with Gasteiger partial charge in [-0.2, -0.15) is 0 Å². The SMILES string of the molecule is CCCCN(CCCC)Cc1cccc2c1Oc1ccccc1N2C(C)c1ccccc1. The van der Waals surface area contributed by atoms with Gasteiger partial charge in [-0.3, -0.25) is 4.90 Å². The highest BCUT2D eigenvalue weighted by molar-refractivity contribution is 5.80. The quantitative estimate of drug-likeness (QED) is 0.324. The van der Waals surface area contributed by atoms with Crippen molar-refractivity contribution < 1.29 is 4.74 Å². The molecule has 0 aromatic heterocycles. The Morgan fingerprint density at radius 3 is 2.16 bits per heavy atom. The molecule has 0 aliphatic carbocycles. The Bertz CT molecular complexity index is 993. The number of unbranched alkanes of at least 4 members (excludes halogenated alkanes) is 2. The molecule has 1 atom stereocenters. The van der Waals surface area contributed by atoms with E-state index < -0.39 is 0 Å². The van der Waals surface area contributed by atoms with Crippen molar-refractivity contribution in [3.05, 3.63) is 83.9 Å². The molecule has 3 heteroatoms. The van der Waals surface area contributed by atoms with Gasteiger partial charge in [-0.25, -0.2) is 0 Å². The van der Waals surface area contributed by atoms with Gasteiger partial charge >= 0.3 is 0 Å². The molecule has 1 aliphatic heterocycles. The van der Waals surface area contributed by atoms with Crippen LogP contribution in [0, 0.1) is 0 Å². The summed E-state index contributed by atoms with van der Waals surface area (Å²) in [5.41, 5.74) is 4.85. The zero-order valence-electron chi connectivity index (χ0n) is 19.8. The van der Waals surface area contributed by atoms with E-state index in [4.69, 9.17) is 4.74 Å². The second kappa shape index (κ2) is 10.7. The maximum Gasteiger partial charge on any atom is 0.155 e. The maximum absolute atomic E-state index is 6.57. The van der Waals surface area contributed by atoms with Gasteiger partial charge in [0.05, 0.1) is 17.4 Å². The summed E-state index contributed by atoms with van der Waals surface area (Å²) in [5, 5.41) is 0. The van der Waals surface area contributed by atoms with Crippen LogP contribution >= 0.6 is 0 Å². The van der Waals surface area contributed by atoms with Crippen molar-refractivity contribution in [3.63, 3.8) is 0 Å². The van der Waals surface area contributed by atoms with Crippen LogP contribution < -0.4 is 9.64 Å². The molecule has 0 radical (unpaired) electrons. The first-order valence-corrected chi connectivity index (χ1v) is 12.2. The fraction of sp³-hybridized carbons (Fsp3) is 0.379. The van der Waals surface area contributed by atoms with Gasteiger partial charge in [0, 0.05) is 12.1 Å². The first-order valence-electron chi connectivity index (χ1n) is 12.2. The summed E-state index contributed by atoms with van der Waals surface area (Å²) < 4.78 is 6.57. The van der Waals surface area contributed by atoms with Crippen molar-refractivity contribution in [1.29, 1.82) is 0 Å². The van der Waals surface area contributed by atoms with Crippen molar-refractivity contribution in [2.24, 2.45) is 0 Å². The monoisotopic (exact) mass is 428 g/mol. The molecule has 0 spiro atoms. The molecule has 3 nitrogen and oxygen atoms in total. The normalized spacial score (nSPS) is 13.4. The highest BCUT2D eigenvalue weighted by Gasteiger charge is 2.30. The molecular formula is C29H36N2O. The van der Waals surface area contributed by atoms with E-state index in [0.29, 0.717) is 0 Å². The van der Waals surface area contributed by atoms with Crippen molar-refractivity contribution in [2.75, 3.05) is 18.0 Å². The number of para-hydroxylation sites is 3. The molecule has 1 heterocycles. The summed E-state index contributed by atoms with van der Waals surface area (Å²) in [4.78, 5) is 5.03. The van der Waals surface area contributed by atoms with Crippen LogP contribution in [0.15, 0.2) is 72.8 Å². The summed E-state index contributed by atoms with van der Waals surface area (Å²) in [7, 11) is 0. The number of hydrogen-bond acceptors (Lipinski definition) is 3. The molecule has 0 bridgehead atoms. The van der Waals surface area contributed by atoms with Crippen LogP contribution in [0.25, 0.3) is 0 Å². The van der Waals surface area contributed by atoms with Crippen LogP contribution in [-0.4, -0.2) is 18.0 Å². The van der Waals surface area contributed by atoms with Crippen molar-refractivity contribution in [3.8, 4) is 11.5 Å². The van der Waals surface area contributed by atoms with Crippen molar-refractivity contribution in [2.45, 2.75) is 59.0 Å². The summed E-state index contributed by atoms with van der Waals surface area (Å²) in [6, 6.07) is 26.0. The topological polar surface area (TPSA) is 15.7 Å². The van der Waals surface area contributed by atoms with E-state index >= 15 is 0 Å². The van der Waals surface area contributed by atoms with Gasteiger partial charge in [-0.05, 0) is 56.6 Å². The molecule has 4 rings (SSSR count). The molecule has 0 saturated heterocycles. The fourth-order valence-corrected chi connectivity index (χ4v) is 4.56. The molecule has 168 valence electrons. The Balaban J connectivity index is 1.72. The van der Waals surface area contributed by atoms with Crippen LogP contribution in [0.4, 0.5) is 11.4 Å². The third-order valence-electron chi connectivity index (χ3n) is 6.39. The number of fused-ring (bicyclic) bond motifs is 2. The van der Waals surface area contributed by atoms with E-state index in [-0.39, 0.29) is 6.04 Å². The zero-order valence-corrected chi connectivity index (χ0v) is 19.8. The lowest BCUT2D eigenvalue weighted by Gasteiger charge is -2.38. The average molecular weight is 429 g/mol. The van der Waals surface area contributed by atoms with Gasteiger partial charge < -0.3 is 9.64 Å². The highest BCUT2D eigenvalue weighted by Crippen LogP contribution is 2.51. The smallest absolute Gasteiger partial charge is 0.155 e. The zero-order chi connectivity index (χ0) is 22.3. The van der Waals surface area contributed by atoms with E-state index in [0.717, 1.165) is 42.5 Å². The first-order chi connectivity index (χ1) is 15.7. The number of hydrogen-bond donors (Lipinski definition) is 0. The Hall–Kier alpha value is -2.78. The molecule has 32 heavy (non-hydrogen) atoms. The molecule has 0 N–H and O–H groups in total. The molecule has 0 saturated carbocycles. The van der Waals surface area contributed by atoms with Gasteiger partial charge in [-0.1, -0.05) is 81.3 Å². The summed E-state index contributed by atoms with van der Waals surface area (Å²) in [6.07, 6.45) is 4.92. The molecule has 1 unspecified atom stereocenters. The maximum atomic E-state index is 6.57. The second-order valence-electron chi connectivity index (χ2n) is 8.78. The lowest BCUT2D eigenvalue weighted by molar-refractivity contribution is 0.254. The van der Waals surface area contributed by atoms with E-state index in [2.05, 4.69) is 103 Å². The largest absolute Gasteiger partial charge is 0.453 e.